The van der Waals surface area contributed by atoms with Crippen molar-refractivity contribution < 1.29 is 4.74 Å². The van der Waals surface area contributed by atoms with Gasteiger partial charge in [0, 0.05) is 13.7 Å². The summed E-state index contributed by atoms with van der Waals surface area (Å²) >= 11 is 0. The topological polar surface area (TPSA) is 35.2 Å². The fourth-order valence-corrected chi connectivity index (χ4v) is 1.43. The van der Waals surface area contributed by atoms with E-state index in [-0.39, 0.29) is 0 Å². The number of ether oxygens (including phenoxy) is 1. The van der Waals surface area contributed by atoms with E-state index in [2.05, 4.69) is 0 Å². The van der Waals surface area contributed by atoms with Gasteiger partial charge in [0.15, 0.2) is 0 Å². The molecule has 0 atom stereocenters. The molecule has 0 unspecified atom stereocenters. The average molecular weight is 143 g/mol. The third kappa shape index (κ3) is 1.96. The van der Waals surface area contributed by atoms with Crippen LogP contribution in [0.5, 0.6) is 0 Å². The van der Waals surface area contributed by atoms with Crippen LogP contribution in [0.3, 0.4) is 0 Å². The molecular weight excluding hydrogens is 126 g/mol. The molecule has 1 aliphatic rings. The molecule has 1 aliphatic carbocycles. The second-order valence-corrected chi connectivity index (χ2v) is 3.28. The van der Waals surface area contributed by atoms with E-state index in [1.54, 1.807) is 7.11 Å². The second kappa shape index (κ2) is 3.35. The van der Waals surface area contributed by atoms with Crippen molar-refractivity contribution in [3.8, 4) is 0 Å². The highest BCUT2D eigenvalue weighted by Gasteiger charge is 2.40. The molecule has 0 spiro atoms. The van der Waals surface area contributed by atoms with Crippen molar-refractivity contribution in [2.75, 3.05) is 20.3 Å². The highest BCUT2D eigenvalue weighted by Crippen LogP contribution is 2.51. The Bertz CT molecular complexity index is 99.4. The van der Waals surface area contributed by atoms with Crippen LogP contribution in [-0.4, -0.2) is 20.3 Å². The molecule has 2 nitrogen and oxygen atoms in total. The van der Waals surface area contributed by atoms with Gasteiger partial charge in [-0.15, -0.1) is 0 Å². The van der Waals surface area contributed by atoms with Crippen LogP contribution in [0.25, 0.3) is 0 Å². The summed E-state index contributed by atoms with van der Waals surface area (Å²) in [5.74, 6) is 0. The Morgan fingerprint density at radius 2 is 2.10 bits per heavy atom. The Balaban J connectivity index is 2.11. The molecule has 0 amide bonds. The lowest BCUT2D eigenvalue weighted by Gasteiger charge is -2.11. The minimum atomic E-state index is 0.602. The van der Waals surface area contributed by atoms with Gasteiger partial charge in [-0.3, -0.25) is 0 Å². The maximum atomic E-state index is 5.49. The lowest BCUT2D eigenvalue weighted by atomic mass is 9.99. The number of rotatable bonds is 5. The first-order valence-corrected chi connectivity index (χ1v) is 4.02. The summed E-state index contributed by atoms with van der Waals surface area (Å²) in [5.41, 5.74) is 6.09. The molecular formula is C8H17NO. The third-order valence-electron chi connectivity index (χ3n) is 2.47. The molecule has 0 bridgehead atoms. The lowest BCUT2D eigenvalue weighted by molar-refractivity contribution is 0.170. The van der Waals surface area contributed by atoms with Gasteiger partial charge in [0.25, 0.3) is 0 Å². The highest BCUT2D eigenvalue weighted by atomic mass is 16.5. The fourth-order valence-electron chi connectivity index (χ4n) is 1.43. The van der Waals surface area contributed by atoms with Crippen LogP contribution in [0.2, 0.25) is 0 Å². The minimum Gasteiger partial charge on any atom is -0.385 e. The van der Waals surface area contributed by atoms with Crippen LogP contribution >= 0.6 is 0 Å². The Kier molecular flexibility index (Phi) is 2.69. The fraction of sp³-hybridized carbons (Fsp3) is 1.00. The van der Waals surface area contributed by atoms with Crippen LogP contribution in [-0.2, 0) is 4.74 Å². The van der Waals surface area contributed by atoms with E-state index < -0.39 is 0 Å². The first kappa shape index (κ1) is 8.02. The van der Waals surface area contributed by atoms with Crippen molar-refractivity contribution in [2.24, 2.45) is 11.1 Å². The molecule has 60 valence electrons. The maximum Gasteiger partial charge on any atom is 0.0467 e. The van der Waals surface area contributed by atoms with Gasteiger partial charge < -0.3 is 10.5 Å². The predicted molar refractivity (Wildman–Crippen MR) is 41.8 cm³/mol. The van der Waals surface area contributed by atoms with Gasteiger partial charge in [-0.05, 0) is 37.6 Å². The van der Waals surface area contributed by atoms with Crippen molar-refractivity contribution in [3.63, 3.8) is 0 Å². The smallest absolute Gasteiger partial charge is 0.0467 e. The molecule has 10 heavy (non-hydrogen) atoms. The van der Waals surface area contributed by atoms with E-state index in [1.807, 2.05) is 0 Å². The number of nitrogens with two attached hydrogens (primary N) is 1. The second-order valence-electron chi connectivity index (χ2n) is 3.28. The van der Waals surface area contributed by atoms with Crippen LogP contribution in [0.15, 0.2) is 0 Å². The van der Waals surface area contributed by atoms with E-state index in [4.69, 9.17) is 10.5 Å². The van der Waals surface area contributed by atoms with E-state index in [9.17, 15) is 0 Å². The van der Waals surface area contributed by atoms with Gasteiger partial charge in [-0.1, -0.05) is 0 Å². The molecule has 1 rings (SSSR count). The minimum absolute atomic E-state index is 0.602. The van der Waals surface area contributed by atoms with Crippen molar-refractivity contribution in [3.05, 3.63) is 0 Å². The Hall–Kier alpha value is -0.0800. The monoisotopic (exact) mass is 143 g/mol. The molecule has 1 fully saturated rings. The predicted octanol–water partition coefficient (Wildman–Crippen LogP) is 1.15. The van der Waals surface area contributed by atoms with Crippen molar-refractivity contribution >= 4 is 0 Å². The summed E-state index contributed by atoms with van der Waals surface area (Å²) in [6.07, 6.45) is 5.14. The molecule has 1 saturated carbocycles. The number of hydrogen-bond donors (Lipinski definition) is 1. The van der Waals surface area contributed by atoms with Gasteiger partial charge in [0.05, 0.1) is 0 Å². The van der Waals surface area contributed by atoms with E-state index in [0.29, 0.717) is 5.41 Å². The molecule has 0 aromatic rings. The van der Waals surface area contributed by atoms with Crippen molar-refractivity contribution in [1.29, 1.82) is 0 Å². The van der Waals surface area contributed by atoms with Crippen LogP contribution in [0.4, 0.5) is 0 Å². The van der Waals surface area contributed by atoms with Crippen LogP contribution in [0.1, 0.15) is 25.7 Å². The standard InChI is InChI=1S/C8H17NO/c1-10-7-5-8(2-3-8)4-6-9/h2-7,9H2,1H3. The quantitative estimate of drug-likeness (QED) is 0.626. The zero-order valence-corrected chi connectivity index (χ0v) is 6.73. The Morgan fingerprint density at radius 3 is 2.50 bits per heavy atom. The first-order chi connectivity index (χ1) is 4.83. The van der Waals surface area contributed by atoms with Crippen molar-refractivity contribution in [2.45, 2.75) is 25.7 Å². The largest absolute Gasteiger partial charge is 0.385 e. The summed E-state index contributed by atoms with van der Waals surface area (Å²) < 4.78 is 5.02. The molecule has 0 saturated heterocycles. The molecule has 2 heteroatoms. The van der Waals surface area contributed by atoms with Gasteiger partial charge in [-0.25, -0.2) is 0 Å². The van der Waals surface area contributed by atoms with E-state index >= 15 is 0 Å². The van der Waals surface area contributed by atoms with Crippen LogP contribution < -0.4 is 5.73 Å². The number of hydrogen-bond acceptors (Lipinski definition) is 2. The molecule has 2 N–H and O–H groups in total. The van der Waals surface area contributed by atoms with Gasteiger partial charge in [0.2, 0.25) is 0 Å². The molecule has 0 heterocycles. The molecule has 0 aromatic carbocycles. The van der Waals surface area contributed by atoms with Crippen LogP contribution in [0, 0.1) is 5.41 Å². The lowest BCUT2D eigenvalue weighted by Crippen LogP contribution is -2.11. The maximum absolute atomic E-state index is 5.49. The zero-order chi connectivity index (χ0) is 7.45. The van der Waals surface area contributed by atoms with E-state index in [0.717, 1.165) is 13.2 Å². The molecule has 0 radical (unpaired) electrons. The summed E-state index contributed by atoms with van der Waals surface area (Å²) in [4.78, 5) is 0. The Morgan fingerprint density at radius 1 is 1.40 bits per heavy atom. The normalized spacial score (nSPS) is 21.0. The van der Waals surface area contributed by atoms with Gasteiger partial charge in [0.1, 0.15) is 0 Å². The van der Waals surface area contributed by atoms with Gasteiger partial charge in [-0.2, -0.15) is 0 Å². The van der Waals surface area contributed by atoms with Gasteiger partial charge >= 0.3 is 0 Å². The van der Waals surface area contributed by atoms with Crippen molar-refractivity contribution in [1.82, 2.24) is 0 Å². The average Bonchev–Trinajstić information content (AvgIpc) is 2.67. The number of methoxy groups -OCH3 is 1. The zero-order valence-electron chi connectivity index (χ0n) is 6.73. The first-order valence-electron chi connectivity index (χ1n) is 4.02. The Labute approximate surface area is 62.7 Å². The summed E-state index contributed by atoms with van der Waals surface area (Å²) in [6, 6.07) is 0. The molecule has 0 aliphatic heterocycles. The summed E-state index contributed by atoms with van der Waals surface area (Å²) in [7, 11) is 1.76. The highest BCUT2D eigenvalue weighted by molar-refractivity contribution is 4.92. The SMILES string of the molecule is COCCC1(CCN)CC1. The summed E-state index contributed by atoms with van der Waals surface area (Å²) in [5, 5.41) is 0. The summed E-state index contributed by atoms with van der Waals surface area (Å²) in [6.45, 7) is 1.74. The molecule has 0 aromatic heterocycles. The third-order valence-corrected chi connectivity index (χ3v) is 2.47. The van der Waals surface area contributed by atoms with E-state index in [1.165, 1.54) is 25.7 Å².